The molecule has 1 rings (SSSR count). The van der Waals surface area contributed by atoms with Crippen LogP contribution in [0.4, 0.5) is 4.79 Å². The topological polar surface area (TPSA) is 104 Å². The maximum Gasteiger partial charge on any atom is 0.315 e. The van der Waals surface area contributed by atoms with E-state index in [1.54, 1.807) is 0 Å². The third-order valence-electron chi connectivity index (χ3n) is 3.86. The normalized spacial score (nSPS) is 12.8. The van der Waals surface area contributed by atoms with Crippen LogP contribution in [0.5, 0.6) is 0 Å². The summed E-state index contributed by atoms with van der Waals surface area (Å²) in [5.74, 6) is -0.843. The minimum atomic E-state index is -0.732. The van der Waals surface area contributed by atoms with Gasteiger partial charge < -0.3 is 16.0 Å². The minimum Gasteiger partial charge on any atom is -0.346 e. The van der Waals surface area contributed by atoms with Crippen LogP contribution in [-0.2, 0) is 20.8 Å². The van der Waals surface area contributed by atoms with E-state index in [9.17, 15) is 19.2 Å². The fourth-order valence-corrected chi connectivity index (χ4v) is 2.56. The molecule has 2 atom stereocenters. The van der Waals surface area contributed by atoms with Crippen molar-refractivity contribution in [3.8, 4) is 0 Å². The van der Waals surface area contributed by atoms with Gasteiger partial charge in [0.15, 0.2) is 11.6 Å². The quantitative estimate of drug-likeness (QED) is 0.615. The van der Waals surface area contributed by atoms with E-state index in [0.29, 0.717) is 6.42 Å². The van der Waals surface area contributed by atoms with E-state index in [0.717, 1.165) is 5.56 Å². The summed E-state index contributed by atoms with van der Waals surface area (Å²) in [5.41, 5.74) is 0.903. The average Bonchev–Trinajstić information content (AvgIpc) is 2.56. The number of nitrogens with one attached hydrogen (secondary N) is 3. The van der Waals surface area contributed by atoms with Gasteiger partial charge in [-0.05, 0) is 24.8 Å². The second-order valence-electron chi connectivity index (χ2n) is 6.57. The molecule has 142 valence electrons. The number of carbonyl (C=O) groups excluding carboxylic acids is 4. The summed E-state index contributed by atoms with van der Waals surface area (Å²) in [5, 5.41) is 7.64. The Morgan fingerprint density at radius 3 is 2.08 bits per heavy atom. The van der Waals surface area contributed by atoms with E-state index in [1.807, 2.05) is 44.2 Å². The largest absolute Gasteiger partial charge is 0.346 e. The molecule has 0 aromatic heterocycles. The average molecular weight is 361 g/mol. The summed E-state index contributed by atoms with van der Waals surface area (Å²) in [7, 11) is 0. The highest BCUT2D eigenvalue weighted by molar-refractivity contribution is 5.93. The minimum absolute atomic E-state index is 0.0563. The van der Waals surface area contributed by atoms with Crippen molar-refractivity contribution < 1.29 is 19.2 Å². The van der Waals surface area contributed by atoms with Crippen molar-refractivity contribution in [2.24, 2.45) is 5.92 Å². The molecule has 0 aliphatic rings. The molecule has 0 heterocycles. The highest BCUT2D eigenvalue weighted by atomic mass is 16.2. The van der Waals surface area contributed by atoms with Crippen molar-refractivity contribution in [2.45, 2.75) is 46.2 Å². The van der Waals surface area contributed by atoms with E-state index in [2.05, 4.69) is 16.0 Å². The third kappa shape index (κ3) is 7.46. The maximum atomic E-state index is 12.4. The number of ketones is 2. The monoisotopic (exact) mass is 361 g/mol. The lowest BCUT2D eigenvalue weighted by Gasteiger charge is -2.21. The predicted octanol–water partition coefficient (Wildman–Crippen LogP) is 1.22. The van der Waals surface area contributed by atoms with Crippen molar-refractivity contribution in [3.05, 3.63) is 35.9 Å². The summed E-state index contributed by atoms with van der Waals surface area (Å²) in [6, 6.07) is 7.36. The number of hydrogen-bond acceptors (Lipinski definition) is 4. The van der Waals surface area contributed by atoms with Gasteiger partial charge in [0.25, 0.3) is 0 Å². The lowest BCUT2D eigenvalue weighted by molar-refractivity contribution is -0.126. The first-order valence-corrected chi connectivity index (χ1v) is 8.59. The zero-order chi connectivity index (χ0) is 19.7. The van der Waals surface area contributed by atoms with Crippen LogP contribution < -0.4 is 16.0 Å². The molecule has 0 saturated heterocycles. The van der Waals surface area contributed by atoms with Crippen LogP contribution in [-0.4, -0.2) is 42.1 Å². The third-order valence-corrected chi connectivity index (χ3v) is 3.86. The SMILES string of the molecule is CC(=O)NC(Cc1ccccc1)C(=O)CNC(=O)NC(C(C)=O)C(C)C. The van der Waals surface area contributed by atoms with Crippen LogP contribution in [0.2, 0.25) is 0 Å². The van der Waals surface area contributed by atoms with E-state index in [4.69, 9.17) is 0 Å². The van der Waals surface area contributed by atoms with Crippen molar-refractivity contribution >= 4 is 23.5 Å². The number of amides is 3. The number of benzene rings is 1. The molecule has 3 N–H and O–H groups in total. The van der Waals surface area contributed by atoms with Crippen LogP contribution in [0.25, 0.3) is 0 Å². The van der Waals surface area contributed by atoms with Crippen molar-refractivity contribution in [3.63, 3.8) is 0 Å². The Bertz CT molecular complexity index is 643. The Labute approximate surface area is 153 Å². The molecule has 7 nitrogen and oxygen atoms in total. The van der Waals surface area contributed by atoms with E-state index in [1.165, 1.54) is 13.8 Å². The summed E-state index contributed by atoms with van der Waals surface area (Å²) < 4.78 is 0. The fourth-order valence-electron chi connectivity index (χ4n) is 2.56. The van der Waals surface area contributed by atoms with Gasteiger partial charge >= 0.3 is 6.03 Å². The van der Waals surface area contributed by atoms with Crippen LogP contribution >= 0.6 is 0 Å². The van der Waals surface area contributed by atoms with E-state index in [-0.39, 0.29) is 29.9 Å². The van der Waals surface area contributed by atoms with Gasteiger partial charge in [0.05, 0.1) is 18.6 Å². The van der Waals surface area contributed by atoms with Gasteiger partial charge in [-0.2, -0.15) is 0 Å². The van der Waals surface area contributed by atoms with Gasteiger partial charge in [-0.25, -0.2) is 4.79 Å². The molecular weight excluding hydrogens is 334 g/mol. The predicted molar refractivity (Wildman–Crippen MR) is 98.6 cm³/mol. The molecule has 1 aromatic rings. The molecule has 0 fully saturated rings. The van der Waals surface area contributed by atoms with Crippen molar-refractivity contribution in [2.75, 3.05) is 6.54 Å². The zero-order valence-electron chi connectivity index (χ0n) is 15.7. The van der Waals surface area contributed by atoms with Gasteiger partial charge in [-0.1, -0.05) is 44.2 Å². The first kappa shape index (κ1) is 21.3. The van der Waals surface area contributed by atoms with Crippen LogP contribution in [0, 0.1) is 5.92 Å². The van der Waals surface area contributed by atoms with Crippen LogP contribution in [0.1, 0.15) is 33.3 Å². The van der Waals surface area contributed by atoms with Gasteiger partial charge in [-0.3, -0.25) is 14.4 Å². The Kier molecular flexibility index (Phi) is 8.48. The Morgan fingerprint density at radius 1 is 0.962 bits per heavy atom. The van der Waals surface area contributed by atoms with Crippen LogP contribution in [0.15, 0.2) is 30.3 Å². The van der Waals surface area contributed by atoms with Gasteiger partial charge in [0, 0.05) is 6.92 Å². The van der Waals surface area contributed by atoms with Gasteiger partial charge in [0.2, 0.25) is 5.91 Å². The molecule has 26 heavy (non-hydrogen) atoms. The fraction of sp³-hybridized carbons (Fsp3) is 0.474. The van der Waals surface area contributed by atoms with Crippen LogP contribution in [0.3, 0.4) is 0 Å². The number of Topliss-reactive ketones (excluding diaryl/α,β-unsaturated/α-hetero) is 2. The molecular formula is C19H27N3O4. The molecule has 0 spiro atoms. The molecule has 2 unspecified atom stereocenters. The Morgan fingerprint density at radius 2 is 1.58 bits per heavy atom. The number of carbonyl (C=O) groups is 4. The highest BCUT2D eigenvalue weighted by Gasteiger charge is 2.23. The standard InChI is InChI=1S/C19H27N3O4/c1-12(2)18(13(3)23)22-19(26)20-11-17(25)16(21-14(4)24)10-15-8-6-5-7-9-15/h5-9,12,16,18H,10-11H2,1-4H3,(H,21,24)(H2,20,22,26). The van der Waals surface area contributed by atoms with Crippen molar-refractivity contribution in [1.29, 1.82) is 0 Å². The van der Waals surface area contributed by atoms with Gasteiger partial charge in [0.1, 0.15) is 0 Å². The first-order chi connectivity index (χ1) is 12.2. The lowest BCUT2D eigenvalue weighted by atomic mass is 10.0. The maximum absolute atomic E-state index is 12.4. The lowest BCUT2D eigenvalue weighted by Crippen LogP contribution is -2.51. The highest BCUT2D eigenvalue weighted by Crippen LogP contribution is 2.05. The number of rotatable bonds is 9. The Hall–Kier alpha value is -2.70. The van der Waals surface area contributed by atoms with E-state index < -0.39 is 18.1 Å². The molecule has 0 aliphatic heterocycles. The molecule has 0 bridgehead atoms. The second-order valence-corrected chi connectivity index (χ2v) is 6.57. The second kappa shape index (κ2) is 10.3. The number of urea groups is 1. The smallest absolute Gasteiger partial charge is 0.315 e. The molecule has 0 aliphatic carbocycles. The first-order valence-electron chi connectivity index (χ1n) is 8.59. The molecule has 0 radical (unpaired) electrons. The Balaban J connectivity index is 2.64. The van der Waals surface area contributed by atoms with E-state index >= 15 is 0 Å². The van der Waals surface area contributed by atoms with Crippen molar-refractivity contribution in [1.82, 2.24) is 16.0 Å². The van der Waals surface area contributed by atoms with Gasteiger partial charge in [-0.15, -0.1) is 0 Å². The zero-order valence-corrected chi connectivity index (χ0v) is 15.7. The molecule has 7 heteroatoms. The summed E-state index contributed by atoms with van der Waals surface area (Å²) >= 11 is 0. The summed E-state index contributed by atoms with van der Waals surface area (Å²) in [6.45, 7) is 6.15. The molecule has 3 amide bonds. The molecule has 1 aromatic carbocycles. The number of hydrogen-bond donors (Lipinski definition) is 3. The molecule has 0 saturated carbocycles. The summed E-state index contributed by atoms with van der Waals surface area (Å²) in [4.78, 5) is 47.3. The summed E-state index contributed by atoms with van der Waals surface area (Å²) in [6.07, 6.45) is 0.338.